The highest BCUT2D eigenvalue weighted by molar-refractivity contribution is 6.02. The molecule has 35 heavy (non-hydrogen) atoms. The van der Waals surface area contributed by atoms with Crippen LogP contribution in [0.15, 0.2) is 82.4 Å². The van der Waals surface area contributed by atoms with Gasteiger partial charge in [0.2, 0.25) is 5.69 Å². The van der Waals surface area contributed by atoms with Gasteiger partial charge in [0.1, 0.15) is 5.82 Å². The number of aryl methyl sites for hydroxylation is 1. The van der Waals surface area contributed by atoms with Gasteiger partial charge in [-0.1, -0.05) is 55.8 Å². The summed E-state index contributed by atoms with van der Waals surface area (Å²) in [7, 11) is 0. The number of aromatic nitrogens is 3. The van der Waals surface area contributed by atoms with E-state index < -0.39 is 28.7 Å². The molecule has 7 nitrogen and oxygen atoms in total. The minimum absolute atomic E-state index is 0.0250. The smallest absolute Gasteiger partial charge is 0.320 e. The van der Waals surface area contributed by atoms with Crippen LogP contribution in [-0.2, 0) is 6.54 Å². The molecule has 0 saturated carbocycles. The van der Waals surface area contributed by atoms with Gasteiger partial charge in [-0.25, -0.2) is 9.18 Å². The van der Waals surface area contributed by atoms with Crippen LogP contribution in [-0.4, -0.2) is 20.3 Å². The lowest BCUT2D eigenvalue weighted by Gasteiger charge is -2.13. The fraction of sp³-hybridized carbons (Fsp3) is 0.185. The number of amides is 1. The Morgan fingerprint density at radius 1 is 1.00 bits per heavy atom. The maximum absolute atomic E-state index is 13.4. The first-order valence-electron chi connectivity index (χ1n) is 11.2. The SMILES string of the molecule is Cc1cccc(Cn2c(=O)c(C(=O)Nc3ccc(F)cc3)nn(-c3ccc(C(C)C)cc3)c2=O)c1. The van der Waals surface area contributed by atoms with Crippen molar-refractivity contribution in [1.29, 1.82) is 0 Å². The number of nitrogens with zero attached hydrogens (tertiary/aromatic N) is 3. The van der Waals surface area contributed by atoms with E-state index >= 15 is 0 Å². The highest BCUT2D eigenvalue weighted by Crippen LogP contribution is 2.16. The van der Waals surface area contributed by atoms with Crippen molar-refractivity contribution >= 4 is 11.6 Å². The molecule has 0 aliphatic rings. The van der Waals surface area contributed by atoms with E-state index in [9.17, 15) is 18.8 Å². The maximum Gasteiger partial charge on any atom is 0.352 e. The average Bonchev–Trinajstić information content (AvgIpc) is 2.83. The van der Waals surface area contributed by atoms with Crippen molar-refractivity contribution in [1.82, 2.24) is 14.3 Å². The Hall–Kier alpha value is -4.33. The second-order valence-electron chi connectivity index (χ2n) is 8.63. The Kier molecular flexibility index (Phi) is 6.73. The molecule has 0 fully saturated rings. The summed E-state index contributed by atoms with van der Waals surface area (Å²) in [6, 6.07) is 19.8. The summed E-state index contributed by atoms with van der Waals surface area (Å²) in [4.78, 5) is 39.6. The van der Waals surface area contributed by atoms with Gasteiger partial charge < -0.3 is 5.32 Å². The van der Waals surface area contributed by atoms with Crippen LogP contribution in [0.1, 0.15) is 46.9 Å². The molecular weight excluding hydrogens is 447 g/mol. The maximum atomic E-state index is 13.4. The van der Waals surface area contributed by atoms with Crippen LogP contribution in [0.3, 0.4) is 0 Å². The number of halogens is 1. The van der Waals surface area contributed by atoms with Crippen LogP contribution in [0, 0.1) is 12.7 Å². The summed E-state index contributed by atoms with van der Waals surface area (Å²) in [6.45, 7) is 6.00. The molecule has 0 aliphatic heterocycles. The molecule has 4 aromatic rings. The molecule has 1 amide bonds. The van der Waals surface area contributed by atoms with E-state index in [-0.39, 0.29) is 6.54 Å². The zero-order valence-electron chi connectivity index (χ0n) is 19.7. The van der Waals surface area contributed by atoms with E-state index in [0.717, 1.165) is 25.9 Å². The molecule has 0 aliphatic carbocycles. The van der Waals surface area contributed by atoms with Crippen molar-refractivity contribution in [2.75, 3.05) is 5.32 Å². The Labute approximate surface area is 201 Å². The predicted octanol–water partition coefficient (Wildman–Crippen LogP) is 4.27. The quantitative estimate of drug-likeness (QED) is 0.454. The summed E-state index contributed by atoms with van der Waals surface area (Å²) in [5.41, 5.74) is 1.58. The normalized spacial score (nSPS) is 11.0. The van der Waals surface area contributed by atoms with Crippen molar-refractivity contribution < 1.29 is 9.18 Å². The third-order valence-corrected chi connectivity index (χ3v) is 5.60. The zero-order valence-corrected chi connectivity index (χ0v) is 19.7. The van der Waals surface area contributed by atoms with Crippen molar-refractivity contribution in [3.63, 3.8) is 0 Å². The molecule has 0 saturated heterocycles. The summed E-state index contributed by atoms with van der Waals surface area (Å²) in [6.07, 6.45) is 0. The summed E-state index contributed by atoms with van der Waals surface area (Å²) >= 11 is 0. The molecule has 178 valence electrons. The molecule has 3 aromatic carbocycles. The molecule has 1 heterocycles. The molecular formula is C27H25FN4O3. The average molecular weight is 473 g/mol. The van der Waals surface area contributed by atoms with Crippen molar-refractivity contribution in [2.24, 2.45) is 0 Å². The van der Waals surface area contributed by atoms with Crippen molar-refractivity contribution in [2.45, 2.75) is 33.2 Å². The van der Waals surface area contributed by atoms with E-state index in [1.807, 2.05) is 37.3 Å². The van der Waals surface area contributed by atoms with Crippen LogP contribution in [0.2, 0.25) is 0 Å². The van der Waals surface area contributed by atoms with Crippen LogP contribution in [0.5, 0.6) is 0 Å². The topological polar surface area (TPSA) is 86.0 Å². The van der Waals surface area contributed by atoms with Gasteiger partial charge in [-0.05, 0) is 60.4 Å². The number of anilines is 1. The zero-order chi connectivity index (χ0) is 25.1. The molecule has 0 spiro atoms. The van der Waals surface area contributed by atoms with E-state index in [1.54, 1.807) is 18.2 Å². The molecule has 1 N–H and O–H groups in total. The molecule has 0 unspecified atom stereocenters. The van der Waals surface area contributed by atoms with Gasteiger partial charge in [-0.15, -0.1) is 0 Å². The van der Waals surface area contributed by atoms with Crippen molar-refractivity contribution in [3.05, 3.63) is 122 Å². The van der Waals surface area contributed by atoms with E-state index in [2.05, 4.69) is 24.3 Å². The fourth-order valence-electron chi connectivity index (χ4n) is 3.68. The number of rotatable bonds is 6. The van der Waals surface area contributed by atoms with Gasteiger partial charge >= 0.3 is 5.69 Å². The lowest BCUT2D eigenvalue weighted by molar-refractivity contribution is 0.101. The van der Waals surface area contributed by atoms with Crippen LogP contribution in [0.4, 0.5) is 10.1 Å². The van der Waals surface area contributed by atoms with Gasteiger partial charge in [-0.3, -0.25) is 14.2 Å². The first-order chi connectivity index (χ1) is 16.7. The van der Waals surface area contributed by atoms with Crippen molar-refractivity contribution in [3.8, 4) is 5.69 Å². The lowest BCUT2D eigenvalue weighted by atomic mass is 10.0. The van der Waals surface area contributed by atoms with Crippen LogP contribution < -0.4 is 16.6 Å². The molecule has 4 rings (SSSR count). The van der Waals surface area contributed by atoms with Gasteiger partial charge in [-0.2, -0.15) is 9.78 Å². The Bertz CT molecular complexity index is 1490. The summed E-state index contributed by atoms with van der Waals surface area (Å²) < 4.78 is 15.3. The van der Waals surface area contributed by atoms with Crippen LogP contribution in [0.25, 0.3) is 5.69 Å². The number of benzene rings is 3. The third-order valence-electron chi connectivity index (χ3n) is 5.60. The van der Waals surface area contributed by atoms with E-state index in [4.69, 9.17) is 0 Å². The molecule has 0 bridgehead atoms. The van der Waals surface area contributed by atoms with E-state index in [0.29, 0.717) is 17.3 Å². The molecule has 0 radical (unpaired) electrons. The monoisotopic (exact) mass is 472 g/mol. The second kappa shape index (κ2) is 9.89. The second-order valence-corrected chi connectivity index (χ2v) is 8.63. The lowest BCUT2D eigenvalue weighted by Crippen LogP contribution is -2.45. The largest absolute Gasteiger partial charge is 0.352 e. The minimum atomic E-state index is -0.814. The standard InChI is InChI=1S/C27H25FN4O3/c1-17(2)20-7-13-23(14-8-20)32-27(35)31(16-19-6-4-5-18(3)15-19)26(34)24(30-32)25(33)29-22-11-9-21(28)10-12-22/h4-15,17H,16H2,1-3H3,(H,29,33). The summed E-state index contributed by atoms with van der Waals surface area (Å²) in [5.74, 6) is -0.965. The molecule has 0 atom stereocenters. The van der Waals surface area contributed by atoms with Gasteiger partial charge in [0.05, 0.1) is 12.2 Å². The number of hydrogen-bond acceptors (Lipinski definition) is 4. The minimum Gasteiger partial charge on any atom is -0.320 e. The Morgan fingerprint density at radius 3 is 2.31 bits per heavy atom. The Balaban J connectivity index is 1.83. The summed E-state index contributed by atoms with van der Waals surface area (Å²) in [5, 5.41) is 6.69. The Morgan fingerprint density at radius 2 is 1.69 bits per heavy atom. The van der Waals surface area contributed by atoms with Gasteiger partial charge in [0.25, 0.3) is 11.5 Å². The number of nitrogens with one attached hydrogen (secondary N) is 1. The predicted molar refractivity (Wildman–Crippen MR) is 133 cm³/mol. The number of carbonyl (C=O) groups excluding carboxylic acids is 1. The first kappa shape index (κ1) is 23.8. The molecule has 1 aromatic heterocycles. The molecule has 8 heteroatoms. The number of hydrogen-bond donors (Lipinski definition) is 1. The highest BCUT2D eigenvalue weighted by atomic mass is 19.1. The highest BCUT2D eigenvalue weighted by Gasteiger charge is 2.21. The van der Waals surface area contributed by atoms with E-state index in [1.165, 1.54) is 24.3 Å². The van der Waals surface area contributed by atoms with Crippen LogP contribution >= 0.6 is 0 Å². The third kappa shape index (κ3) is 5.27. The van der Waals surface area contributed by atoms with Gasteiger partial charge in [0.15, 0.2) is 0 Å². The fourth-order valence-corrected chi connectivity index (χ4v) is 3.68. The first-order valence-corrected chi connectivity index (χ1v) is 11.2. The van der Waals surface area contributed by atoms with Gasteiger partial charge in [0, 0.05) is 5.69 Å². The number of carbonyl (C=O) groups is 1.